The zero-order chi connectivity index (χ0) is 29.1. The fourth-order valence-corrected chi connectivity index (χ4v) is 11.1. The van der Waals surface area contributed by atoms with Gasteiger partial charge in [-0.2, -0.15) is 0 Å². The number of hydrogen-bond donors (Lipinski definition) is 2. The average Bonchev–Trinajstić information content (AvgIpc) is 3.40. The molecule has 2 aromatic carbocycles. The molecule has 220 valence electrons. The van der Waals surface area contributed by atoms with Gasteiger partial charge in [-0.3, -0.25) is 0 Å². The first-order valence-electron chi connectivity index (χ1n) is 16.4. The smallest absolute Gasteiger partial charge is 0.0340 e. The highest BCUT2D eigenvalue weighted by Gasteiger charge is 2.67. The van der Waals surface area contributed by atoms with Crippen molar-refractivity contribution in [3.05, 3.63) is 60.7 Å². The van der Waals surface area contributed by atoms with Crippen LogP contribution in [0.4, 0.5) is 11.4 Å². The van der Waals surface area contributed by atoms with Gasteiger partial charge in [0.15, 0.2) is 0 Å². The van der Waals surface area contributed by atoms with E-state index in [4.69, 9.17) is 0 Å². The molecule has 12 atom stereocenters. The Hall–Kier alpha value is -1.96. The van der Waals surface area contributed by atoms with E-state index in [-0.39, 0.29) is 0 Å². The first-order chi connectivity index (χ1) is 18.8. The molecule has 4 fully saturated rings. The minimum absolute atomic E-state index is 0.496. The second kappa shape index (κ2) is 10.4. The Labute approximate surface area is 246 Å². The summed E-state index contributed by atoms with van der Waals surface area (Å²) in [6, 6.07) is 21.3. The van der Waals surface area contributed by atoms with E-state index in [2.05, 4.69) is 141 Å². The average molecular weight is 543 g/mol. The molecule has 6 rings (SSSR count). The molecule has 12 unspecified atom stereocenters. The number of anilines is 2. The fraction of sp³-hybridized carbons (Fsp3) is 0.684. The maximum absolute atomic E-state index is 3.67. The summed E-state index contributed by atoms with van der Waals surface area (Å²) in [5.74, 6) is 6.65. The second-order valence-electron chi connectivity index (χ2n) is 15.6. The number of rotatable bonds is 6. The minimum Gasteiger partial charge on any atom is -0.385 e. The van der Waals surface area contributed by atoms with Crippen LogP contribution in [0.15, 0.2) is 60.7 Å². The van der Waals surface area contributed by atoms with Gasteiger partial charge in [-0.1, -0.05) is 106 Å². The van der Waals surface area contributed by atoms with Crippen LogP contribution in [0.2, 0.25) is 0 Å². The molecule has 2 heteroatoms. The van der Waals surface area contributed by atoms with Gasteiger partial charge in [0.2, 0.25) is 0 Å². The molecule has 4 saturated carbocycles. The van der Waals surface area contributed by atoms with E-state index < -0.39 is 0 Å². The molecular weight excluding hydrogens is 484 g/mol. The maximum atomic E-state index is 3.67. The standard InChI is InChI=1S/2C19H29N/c2*1-13-14(2)19(5)15(3)18(13,4)11-16(19)12-20-17-9-7-6-8-10-17/h2*6-10,13-16,20H,11-12H2,1-5H3. The molecule has 2 nitrogen and oxygen atoms in total. The lowest BCUT2D eigenvalue weighted by Crippen LogP contribution is -2.39. The number of benzene rings is 2. The fourth-order valence-electron chi connectivity index (χ4n) is 11.1. The zero-order valence-corrected chi connectivity index (χ0v) is 27.2. The van der Waals surface area contributed by atoms with Gasteiger partial charge in [0.05, 0.1) is 0 Å². The summed E-state index contributed by atoms with van der Waals surface area (Å²) < 4.78 is 0. The predicted molar refractivity (Wildman–Crippen MR) is 173 cm³/mol. The van der Waals surface area contributed by atoms with Crippen molar-refractivity contribution in [1.82, 2.24) is 0 Å². The van der Waals surface area contributed by atoms with Crippen LogP contribution < -0.4 is 10.6 Å². The van der Waals surface area contributed by atoms with Crippen molar-refractivity contribution in [3.8, 4) is 0 Å². The van der Waals surface area contributed by atoms with E-state index in [9.17, 15) is 0 Å². The highest BCUT2D eigenvalue weighted by molar-refractivity contribution is 5.43. The first-order valence-corrected chi connectivity index (χ1v) is 16.4. The van der Waals surface area contributed by atoms with Gasteiger partial charge in [-0.15, -0.1) is 0 Å². The Morgan fingerprint density at radius 3 is 1.12 bits per heavy atom. The molecule has 0 aromatic heterocycles. The highest BCUT2D eigenvalue weighted by atomic mass is 14.9. The van der Waals surface area contributed by atoms with Crippen molar-refractivity contribution in [1.29, 1.82) is 0 Å². The summed E-state index contributed by atoms with van der Waals surface area (Å²) in [7, 11) is 0. The monoisotopic (exact) mass is 542 g/mol. The van der Waals surface area contributed by atoms with Crippen LogP contribution in [0.25, 0.3) is 0 Å². The topological polar surface area (TPSA) is 24.1 Å². The van der Waals surface area contributed by atoms with Crippen molar-refractivity contribution in [2.24, 2.45) is 69.0 Å². The summed E-state index contributed by atoms with van der Waals surface area (Å²) in [6.07, 6.45) is 2.77. The van der Waals surface area contributed by atoms with Crippen molar-refractivity contribution in [2.75, 3.05) is 23.7 Å². The second-order valence-corrected chi connectivity index (χ2v) is 15.6. The summed E-state index contributed by atoms with van der Waals surface area (Å²) in [6.45, 7) is 27.4. The quantitative estimate of drug-likeness (QED) is 0.379. The molecule has 0 saturated heterocycles. The number of nitrogens with one attached hydrogen (secondary N) is 2. The van der Waals surface area contributed by atoms with E-state index >= 15 is 0 Å². The lowest BCUT2D eigenvalue weighted by molar-refractivity contribution is 0.0779. The van der Waals surface area contributed by atoms with E-state index in [1.54, 1.807) is 0 Å². The first kappa shape index (κ1) is 29.5. The van der Waals surface area contributed by atoms with E-state index in [1.807, 2.05) is 0 Å². The van der Waals surface area contributed by atoms with Gasteiger partial charge in [-0.25, -0.2) is 0 Å². The number of hydrogen-bond acceptors (Lipinski definition) is 2. The summed E-state index contributed by atoms with van der Waals surface area (Å²) >= 11 is 0. The third-order valence-electron chi connectivity index (χ3n) is 15.2. The maximum Gasteiger partial charge on any atom is 0.0340 e. The summed E-state index contributed by atoms with van der Waals surface area (Å²) in [5, 5.41) is 7.34. The van der Waals surface area contributed by atoms with Crippen molar-refractivity contribution < 1.29 is 0 Å². The number of para-hydroxylation sites is 2. The van der Waals surface area contributed by atoms with Crippen molar-refractivity contribution in [3.63, 3.8) is 0 Å². The van der Waals surface area contributed by atoms with Crippen molar-refractivity contribution >= 4 is 11.4 Å². The Morgan fingerprint density at radius 1 is 0.525 bits per heavy atom. The van der Waals surface area contributed by atoms with Gasteiger partial charge in [0, 0.05) is 24.5 Å². The van der Waals surface area contributed by atoms with Crippen LogP contribution >= 0.6 is 0 Å². The molecule has 0 heterocycles. The molecule has 4 aliphatic carbocycles. The van der Waals surface area contributed by atoms with Crippen LogP contribution in [0, 0.1) is 69.0 Å². The lowest BCUT2D eigenvalue weighted by Gasteiger charge is -2.42. The molecular formula is C38H58N2. The Morgan fingerprint density at radius 2 is 0.850 bits per heavy atom. The van der Waals surface area contributed by atoms with E-state index in [0.29, 0.717) is 21.7 Å². The lowest BCUT2D eigenvalue weighted by atomic mass is 9.64. The van der Waals surface area contributed by atoms with Crippen LogP contribution in [-0.2, 0) is 0 Å². The third kappa shape index (κ3) is 4.25. The molecule has 0 spiro atoms. The van der Waals surface area contributed by atoms with Gasteiger partial charge in [0.25, 0.3) is 0 Å². The molecule has 2 aromatic rings. The largest absolute Gasteiger partial charge is 0.385 e. The Kier molecular flexibility index (Phi) is 7.67. The van der Waals surface area contributed by atoms with Crippen LogP contribution in [0.1, 0.15) is 82.1 Å². The van der Waals surface area contributed by atoms with E-state index in [0.717, 1.165) is 60.4 Å². The molecule has 0 aliphatic heterocycles. The van der Waals surface area contributed by atoms with Gasteiger partial charge in [0.1, 0.15) is 0 Å². The number of fused-ring (bicyclic) bond motifs is 4. The van der Waals surface area contributed by atoms with Gasteiger partial charge in [-0.05, 0) is 106 Å². The van der Waals surface area contributed by atoms with Crippen LogP contribution in [0.5, 0.6) is 0 Å². The normalized spacial score (nSPS) is 46.6. The SMILES string of the molecule is CC1C(C)C2(C)C(CNc3ccccc3)CC1(C)C2C.CC1C(C)C2(C)C(CNc3ccccc3)CC1(C)C2C. The molecule has 2 N–H and O–H groups in total. The summed E-state index contributed by atoms with van der Waals surface area (Å²) in [5.41, 5.74) is 4.59. The molecule has 4 aliphatic rings. The van der Waals surface area contributed by atoms with Crippen molar-refractivity contribution in [2.45, 2.75) is 82.1 Å². The van der Waals surface area contributed by atoms with Gasteiger partial charge >= 0.3 is 0 Å². The van der Waals surface area contributed by atoms with Crippen LogP contribution in [-0.4, -0.2) is 13.1 Å². The minimum atomic E-state index is 0.496. The summed E-state index contributed by atoms with van der Waals surface area (Å²) in [4.78, 5) is 0. The zero-order valence-electron chi connectivity index (χ0n) is 27.2. The predicted octanol–water partition coefficient (Wildman–Crippen LogP) is 10.1. The molecule has 0 radical (unpaired) electrons. The molecule has 4 bridgehead atoms. The van der Waals surface area contributed by atoms with E-state index in [1.165, 1.54) is 24.2 Å². The van der Waals surface area contributed by atoms with Crippen LogP contribution in [0.3, 0.4) is 0 Å². The highest BCUT2D eigenvalue weighted by Crippen LogP contribution is 2.73. The van der Waals surface area contributed by atoms with Gasteiger partial charge < -0.3 is 10.6 Å². The Bertz CT molecular complexity index is 1060. The third-order valence-corrected chi connectivity index (χ3v) is 15.2. The molecule has 0 amide bonds. The molecule has 40 heavy (non-hydrogen) atoms. The Balaban J connectivity index is 0.000000161.